The van der Waals surface area contributed by atoms with E-state index in [9.17, 15) is 21.6 Å². The Hall–Kier alpha value is -1.49. The molecule has 0 aromatic heterocycles. The summed E-state index contributed by atoms with van der Waals surface area (Å²) in [6.45, 7) is 0.242. The Labute approximate surface area is 148 Å². The molecule has 1 heterocycles. The van der Waals surface area contributed by atoms with E-state index < -0.39 is 32.0 Å². The Balaban J connectivity index is 2.19. The average Bonchev–Trinajstić information content (AvgIpc) is 2.79. The minimum Gasteiger partial charge on any atom is -0.277 e. The van der Waals surface area contributed by atoms with Gasteiger partial charge in [-0.1, -0.05) is 43.2 Å². The summed E-state index contributed by atoms with van der Waals surface area (Å²) in [5.74, 6) is -0.860. The lowest BCUT2D eigenvalue weighted by Crippen LogP contribution is -2.53. The molecule has 2 N–H and O–H groups in total. The molecule has 1 aliphatic rings. The lowest BCUT2D eigenvalue weighted by molar-refractivity contribution is -0.125. The van der Waals surface area contributed by atoms with E-state index in [-0.39, 0.29) is 12.3 Å². The van der Waals surface area contributed by atoms with E-state index in [0.717, 1.165) is 12.7 Å². The molecule has 0 saturated carbocycles. The number of hydrazine groups is 1. The van der Waals surface area contributed by atoms with Crippen molar-refractivity contribution in [2.45, 2.75) is 37.5 Å². The quantitative estimate of drug-likeness (QED) is 0.682. The normalized spacial score (nSPS) is 20.0. The number of nitrogens with zero attached hydrogens (tertiary/aromatic N) is 1. The molecule has 0 spiro atoms. The van der Waals surface area contributed by atoms with Crippen molar-refractivity contribution >= 4 is 26.0 Å². The molecular weight excluding hydrogens is 366 g/mol. The Morgan fingerprint density at radius 3 is 2.44 bits per heavy atom. The maximum absolute atomic E-state index is 12.8. The zero-order valence-electron chi connectivity index (χ0n) is 14.0. The average molecular weight is 389 g/mol. The molecule has 1 fully saturated rings. The van der Waals surface area contributed by atoms with Gasteiger partial charge in [0.25, 0.3) is 5.91 Å². The number of hydrogen-bond donors (Lipinski definition) is 2. The van der Waals surface area contributed by atoms with E-state index in [0.29, 0.717) is 24.8 Å². The highest BCUT2D eigenvalue weighted by atomic mass is 32.2. The minimum atomic E-state index is -3.71. The van der Waals surface area contributed by atoms with Crippen molar-refractivity contribution in [1.29, 1.82) is 0 Å². The molecule has 1 unspecified atom stereocenters. The van der Waals surface area contributed by atoms with E-state index in [1.807, 2.05) is 4.83 Å². The number of carbonyl (C=O) groups is 1. The zero-order chi connectivity index (χ0) is 18.5. The van der Waals surface area contributed by atoms with Crippen molar-refractivity contribution in [1.82, 2.24) is 14.6 Å². The van der Waals surface area contributed by atoms with Gasteiger partial charge in [-0.15, -0.1) is 4.83 Å². The van der Waals surface area contributed by atoms with Gasteiger partial charge in [0, 0.05) is 6.54 Å². The van der Waals surface area contributed by atoms with Crippen LogP contribution in [-0.4, -0.2) is 45.9 Å². The van der Waals surface area contributed by atoms with Gasteiger partial charge in [-0.25, -0.2) is 16.8 Å². The van der Waals surface area contributed by atoms with Gasteiger partial charge < -0.3 is 0 Å². The van der Waals surface area contributed by atoms with E-state index in [2.05, 4.69) is 5.43 Å². The van der Waals surface area contributed by atoms with E-state index in [4.69, 9.17) is 0 Å². The summed E-state index contributed by atoms with van der Waals surface area (Å²) in [6, 6.07) is 7.83. The third-order valence-electron chi connectivity index (χ3n) is 3.92. The first-order valence-electron chi connectivity index (χ1n) is 7.99. The molecular formula is C15H23N3O5S2. The molecule has 0 radical (unpaired) electrons. The zero-order valence-corrected chi connectivity index (χ0v) is 15.6. The first-order chi connectivity index (χ1) is 11.7. The second-order valence-electron chi connectivity index (χ2n) is 6.08. The molecule has 2 rings (SSSR count). The molecule has 25 heavy (non-hydrogen) atoms. The highest BCUT2D eigenvalue weighted by Gasteiger charge is 2.35. The summed E-state index contributed by atoms with van der Waals surface area (Å²) in [5, 5.41) is 0. The van der Waals surface area contributed by atoms with Gasteiger partial charge in [0.05, 0.1) is 12.0 Å². The molecule has 10 heteroatoms. The van der Waals surface area contributed by atoms with Crippen molar-refractivity contribution in [2.75, 3.05) is 12.8 Å². The minimum absolute atomic E-state index is 0.197. The van der Waals surface area contributed by atoms with Crippen LogP contribution in [0.3, 0.4) is 0 Å². The highest BCUT2D eigenvalue weighted by molar-refractivity contribution is 7.88. The van der Waals surface area contributed by atoms with Crippen LogP contribution in [0, 0.1) is 0 Å². The number of sulfonamides is 2. The molecule has 1 aromatic carbocycles. The summed E-state index contributed by atoms with van der Waals surface area (Å²) >= 11 is 0. The van der Waals surface area contributed by atoms with Gasteiger partial charge in [0.1, 0.15) is 6.04 Å². The monoisotopic (exact) mass is 389 g/mol. The van der Waals surface area contributed by atoms with Gasteiger partial charge in [0.15, 0.2) is 0 Å². The molecule has 1 atom stereocenters. The summed E-state index contributed by atoms with van der Waals surface area (Å²) in [7, 11) is -7.33. The summed E-state index contributed by atoms with van der Waals surface area (Å²) in [4.78, 5) is 14.3. The Morgan fingerprint density at radius 1 is 1.12 bits per heavy atom. The molecule has 1 amide bonds. The fraction of sp³-hybridized carbons (Fsp3) is 0.533. The van der Waals surface area contributed by atoms with Crippen LogP contribution in [0.25, 0.3) is 0 Å². The first-order valence-corrected chi connectivity index (χ1v) is 11.5. The number of hydrogen-bond acceptors (Lipinski definition) is 5. The summed E-state index contributed by atoms with van der Waals surface area (Å²) in [6.07, 6.45) is 3.45. The maximum Gasteiger partial charge on any atom is 0.253 e. The largest absolute Gasteiger partial charge is 0.277 e. The van der Waals surface area contributed by atoms with Crippen molar-refractivity contribution in [3.63, 3.8) is 0 Å². The van der Waals surface area contributed by atoms with Crippen molar-refractivity contribution in [2.24, 2.45) is 0 Å². The van der Waals surface area contributed by atoms with Crippen LogP contribution < -0.4 is 10.3 Å². The molecule has 1 aliphatic heterocycles. The Bertz CT molecular complexity index is 794. The highest BCUT2D eigenvalue weighted by Crippen LogP contribution is 2.22. The van der Waals surface area contributed by atoms with Gasteiger partial charge in [-0.2, -0.15) is 4.31 Å². The number of carbonyl (C=O) groups excluding carboxylic acids is 1. The fourth-order valence-corrected chi connectivity index (χ4v) is 4.83. The fourth-order valence-electron chi connectivity index (χ4n) is 2.77. The van der Waals surface area contributed by atoms with Crippen LogP contribution in [0.5, 0.6) is 0 Å². The summed E-state index contributed by atoms with van der Waals surface area (Å²) in [5.41, 5.74) is 2.74. The van der Waals surface area contributed by atoms with Gasteiger partial charge in [-0.3, -0.25) is 10.2 Å². The SMILES string of the molecule is CS(=O)(=O)NNC(=O)C1CCCCCN1S(=O)(=O)Cc1ccccc1. The predicted molar refractivity (Wildman–Crippen MR) is 94.2 cm³/mol. The van der Waals surface area contributed by atoms with Crippen molar-refractivity contribution in [3.05, 3.63) is 35.9 Å². The third kappa shape index (κ3) is 6.07. The van der Waals surface area contributed by atoms with Crippen LogP contribution in [0.1, 0.15) is 31.2 Å². The number of rotatable bonds is 6. The van der Waals surface area contributed by atoms with Gasteiger partial charge in [-0.05, 0) is 18.4 Å². The molecule has 0 aliphatic carbocycles. The smallest absolute Gasteiger partial charge is 0.253 e. The third-order valence-corrected chi connectivity index (χ3v) is 6.24. The number of benzene rings is 1. The molecule has 1 saturated heterocycles. The summed E-state index contributed by atoms with van der Waals surface area (Å²) < 4.78 is 49.2. The topological polar surface area (TPSA) is 113 Å². The van der Waals surface area contributed by atoms with Crippen LogP contribution in [0.15, 0.2) is 30.3 Å². The maximum atomic E-state index is 12.8. The first kappa shape index (κ1) is 19.8. The van der Waals surface area contributed by atoms with Crippen LogP contribution in [0.2, 0.25) is 0 Å². The van der Waals surface area contributed by atoms with E-state index >= 15 is 0 Å². The van der Waals surface area contributed by atoms with Crippen LogP contribution in [0.4, 0.5) is 0 Å². The van der Waals surface area contributed by atoms with E-state index in [1.165, 1.54) is 4.31 Å². The second-order valence-corrected chi connectivity index (χ2v) is 9.75. The van der Waals surface area contributed by atoms with Crippen molar-refractivity contribution < 1.29 is 21.6 Å². The Morgan fingerprint density at radius 2 is 1.80 bits per heavy atom. The second kappa shape index (κ2) is 8.26. The Kier molecular flexibility index (Phi) is 6.55. The van der Waals surface area contributed by atoms with Gasteiger partial charge in [0.2, 0.25) is 20.0 Å². The van der Waals surface area contributed by atoms with E-state index in [1.54, 1.807) is 30.3 Å². The van der Waals surface area contributed by atoms with Crippen molar-refractivity contribution in [3.8, 4) is 0 Å². The molecule has 140 valence electrons. The molecule has 0 bridgehead atoms. The predicted octanol–water partition coefficient (Wildman–Crippen LogP) is 0.341. The number of amides is 1. The molecule has 8 nitrogen and oxygen atoms in total. The molecule has 1 aromatic rings. The van der Waals surface area contributed by atoms with Gasteiger partial charge >= 0.3 is 0 Å². The standard InChI is InChI=1S/C15H23N3O5S2/c1-24(20,21)17-16-15(19)14-10-6-3-7-11-18(14)25(22,23)12-13-8-4-2-5-9-13/h2,4-5,8-9,14,17H,3,6-7,10-12H2,1H3,(H,16,19). The lowest BCUT2D eigenvalue weighted by Gasteiger charge is -2.28. The number of nitrogens with one attached hydrogen (secondary N) is 2. The van der Waals surface area contributed by atoms with Crippen LogP contribution in [-0.2, 0) is 30.6 Å². The van der Waals surface area contributed by atoms with Crippen LogP contribution >= 0.6 is 0 Å². The lowest BCUT2D eigenvalue weighted by atomic mass is 10.1.